The third-order valence-corrected chi connectivity index (χ3v) is 3.73. The van der Waals surface area contributed by atoms with E-state index >= 15 is 0 Å². The number of rotatable bonds is 3. The Balaban J connectivity index is 2.43. The van der Waals surface area contributed by atoms with Gasteiger partial charge in [-0.25, -0.2) is 0 Å². The van der Waals surface area contributed by atoms with Gasteiger partial charge in [0.25, 0.3) is 0 Å². The minimum absolute atomic E-state index is 0.517. The molecular weight excluding hydrogens is 214 g/mol. The Hall–Kier alpha value is -1.22. The van der Waals surface area contributed by atoms with E-state index in [2.05, 4.69) is 31.3 Å². The van der Waals surface area contributed by atoms with Crippen molar-refractivity contribution in [2.75, 3.05) is 14.2 Å². The van der Waals surface area contributed by atoms with E-state index in [9.17, 15) is 0 Å². The molecule has 0 saturated heterocycles. The second-order valence-corrected chi connectivity index (χ2v) is 4.59. The van der Waals surface area contributed by atoms with Gasteiger partial charge in [0.1, 0.15) is 0 Å². The molecule has 17 heavy (non-hydrogen) atoms. The van der Waals surface area contributed by atoms with Crippen molar-refractivity contribution in [3.8, 4) is 11.5 Å². The fourth-order valence-corrected chi connectivity index (χ4v) is 2.65. The van der Waals surface area contributed by atoms with E-state index < -0.39 is 0 Å². The molecule has 0 aliphatic carbocycles. The summed E-state index contributed by atoms with van der Waals surface area (Å²) in [6.07, 6.45) is 1.15. The van der Waals surface area contributed by atoms with Crippen molar-refractivity contribution in [2.24, 2.45) is 0 Å². The number of nitrogens with one attached hydrogen (secondary N) is 1. The van der Waals surface area contributed by atoms with Crippen LogP contribution in [0.25, 0.3) is 0 Å². The Kier molecular flexibility index (Phi) is 3.57. The van der Waals surface area contributed by atoms with Crippen LogP contribution in [0.15, 0.2) is 12.1 Å². The summed E-state index contributed by atoms with van der Waals surface area (Å²) in [5.41, 5.74) is 2.70. The minimum Gasteiger partial charge on any atom is -0.493 e. The normalized spacial score (nSPS) is 23.1. The van der Waals surface area contributed by atoms with Crippen molar-refractivity contribution in [1.29, 1.82) is 0 Å². The predicted octanol–water partition coefficient (Wildman–Crippen LogP) is 2.69. The number of ether oxygens (including phenoxy) is 2. The molecule has 0 radical (unpaired) electrons. The van der Waals surface area contributed by atoms with Crippen LogP contribution in [0, 0.1) is 0 Å². The zero-order valence-corrected chi connectivity index (χ0v) is 11.0. The van der Waals surface area contributed by atoms with E-state index in [1.165, 1.54) is 11.1 Å². The van der Waals surface area contributed by atoms with E-state index in [0.29, 0.717) is 12.0 Å². The Morgan fingerprint density at radius 1 is 1.24 bits per heavy atom. The topological polar surface area (TPSA) is 30.5 Å². The van der Waals surface area contributed by atoms with Gasteiger partial charge >= 0.3 is 0 Å². The number of benzene rings is 1. The van der Waals surface area contributed by atoms with E-state index in [0.717, 1.165) is 24.5 Å². The van der Waals surface area contributed by atoms with Crippen LogP contribution in [0.4, 0.5) is 0 Å². The molecule has 2 unspecified atom stereocenters. The van der Waals surface area contributed by atoms with Crippen LogP contribution >= 0.6 is 0 Å². The second kappa shape index (κ2) is 4.96. The molecule has 1 aromatic rings. The molecule has 2 atom stereocenters. The van der Waals surface area contributed by atoms with E-state index in [4.69, 9.17) is 9.47 Å². The summed E-state index contributed by atoms with van der Waals surface area (Å²) in [6, 6.07) is 4.77. The molecule has 3 nitrogen and oxygen atoms in total. The maximum atomic E-state index is 5.37. The lowest BCUT2D eigenvalue weighted by Crippen LogP contribution is -2.37. The molecule has 1 N–H and O–H groups in total. The Morgan fingerprint density at radius 2 is 1.88 bits per heavy atom. The van der Waals surface area contributed by atoms with Gasteiger partial charge in [0, 0.05) is 12.6 Å². The van der Waals surface area contributed by atoms with Crippen LogP contribution in [0.1, 0.15) is 37.3 Å². The Morgan fingerprint density at radius 3 is 2.47 bits per heavy atom. The highest BCUT2D eigenvalue weighted by atomic mass is 16.5. The fourth-order valence-electron chi connectivity index (χ4n) is 2.65. The molecule has 94 valence electrons. The third-order valence-electron chi connectivity index (χ3n) is 3.73. The van der Waals surface area contributed by atoms with E-state index in [1.807, 2.05) is 0 Å². The van der Waals surface area contributed by atoms with E-state index in [-0.39, 0.29) is 0 Å². The number of fused-ring (bicyclic) bond motifs is 1. The summed E-state index contributed by atoms with van der Waals surface area (Å²) >= 11 is 0. The standard InChI is InChI=1S/C14H21NO2/c1-5-12-9(2)11-7-14(17-4)13(16-3)6-10(11)8-15-12/h6-7,9,12,15H,5,8H2,1-4H3. The molecule has 1 aliphatic rings. The zero-order chi connectivity index (χ0) is 12.4. The quantitative estimate of drug-likeness (QED) is 0.873. The van der Waals surface area contributed by atoms with Gasteiger partial charge in [-0.3, -0.25) is 0 Å². The maximum absolute atomic E-state index is 5.37. The molecule has 0 saturated carbocycles. The average Bonchev–Trinajstić information content (AvgIpc) is 2.38. The van der Waals surface area contributed by atoms with Gasteiger partial charge in [0.2, 0.25) is 0 Å². The largest absolute Gasteiger partial charge is 0.493 e. The lowest BCUT2D eigenvalue weighted by Gasteiger charge is -2.32. The molecule has 0 aromatic heterocycles. The third kappa shape index (κ3) is 2.12. The van der Waals surface area contributed by atoms with Gasteiger partial charge in [0.05, 0.1) is 14.2 Å². The molecular formula is C14H21NO2. The summed E-state index contributed by atoms with van der Waals surface area (Å²) in [5.74, 6) is 2.16. The summed E-state index contributed by atoms with van der Waals surface area (Å²) in [6.45, 7) is 5.41. The van der Waals surface area contributed by atoms with Crippen LogP contribution in [0.3, 0.4) is 0 Å². The average molecular weight is 235 g/mol. The zero-order valence-electron chi connectivity index (χ0n) is 11.0. The van der Waals surface area contributed by atoms with E-state index in [1.54, 1.807) is 14.2 Å². The Bertz CT molecular complexity index is 403. The number of hydrogen-bond acceptors (Lipinski definition) is 3. The Labute approximate surface area is 103 Å². The molecule has 0 spiro atoms. The SMILES string of the molecule is CCC1NCc2cc(OC)c(OC)cc2C1C. The van der Waals surface area contributed by atoms with Crippen LogP contribution in [0.2, 0.25) is 0 Å². The van der Waals surface area contributed by atoms with Crippen LogP contribution < -0.4 is 14.8 Å². The number of methoxy groups -OCH3 is 2. The smallest absolute Gasteiger partial charge is 0.161 e. The van der Waals surface area contributed by atoms with Gasteiger partial charge in [-0.15, -0.1) is 0 Å². The van der Waals surface area contributed by atoms with Gasteiger partial charge in [0.15, 0.2) is 11.5 Å². The molecule has 2 rings (SSSR count). The van der Waals surface area contributed by atoms with Crippen molar-refractivity contribution in [1.82, 2.24) is 5.32 Å². The highest BCUT2D eigenvalue weighted by Crippen LogP contribution is 2.37. The van der Waals surface area contributed by atoms with Crippen LogP contribution in [0.5, 0.6) is 11.5 Å². The minimum atomic E-state index is 0.517. The first-order valence-electron chi connectivity index (χ1n) is 6.19. The first-order chi connectivity index (χ1) is 8.21. The number of hydrogen-bond donors (Lipinski definition) is 1. The molecule has 1 aromatic carbocycles. The van der Waals surface area contributed by atoms with Crippen LogP contribution in [-0.4, -0.2) is 20.3 Å². The lowest BCUT2D eigenvalue weighted by atomic mass is 9.84. The first kappa shape index (κ1) is 12.2. The molecule has 3 heteroatoms. The molecule has 0 bridgehead atoms. The summed E-state index contributed by atoms with van der Waals surface area (Å²) in [7, 11) is 3.37. The van der Waals surface area contributed by atoms with Gasteiger partial charge < -0.3 is 14.8 Å². The summed E-state index contributed by atoms with van der Waals surface area (Å²) < 4.78 is 10.7. The highest BCUT2D eigenvalue weighted by molar-refractivity contribution is 5.49. The van der Waals surface area contributed by atoms with Gasteiger partial charge in [-0.1, -0.05) is 13.8 Å². The summed E-state index contributed by atoms with van der Waals surface area (Å²) in [4.78, 5) is 0. The summed E-state index contributed by atoms with van der Waals surface area (Å²) in [5, 5.41) is 3.57. The fraction of sp³-hybridized carbons (Fsp3) is 0.571. The highest BCUT2D eigenvalue weighted by Gasteiger charge is 2.26. The van der Waals surface area contributed by atoms with Crippen molar-refractivity contribution in [3.63, 3.8) is 0 Å². The van der Waals surface area contributed by atoms with Crippen molar-refractivity contribution < 1.29 is 9.47 Å². The molecule has 1 aliphatic heterocycles. The monoisotopic (exact) mass is 235 g/mol. The van der Waals surface area contributed by atoms with Crippen molar-refractivity contribution in [2.45, 2.75) is 38.8 Å². The van der Waals surface area contributed by atoms with Gasteiger partial charge in [-0.05, 0) is 35.6 Å². The second-order valence-electron chi connectivity index (χ2n) is 4.59. The van der Waals surface area contributed by atoms with Crippen molar-refractivity contribution >= 4 is 0 Å². The molecule has 0 amide bonds. The van der Waals surface area contributed by atoms with Gasteiger partial charge in [-0.2, -0.15) is 0 Å². The lowest BCUT2D eigenvalue weighted by molar-refractivity contribution is 0.349. The van der Waals surface area contributed by atoms with Crippen molar-refractivity contribution in [3.05, 3.63) is 23.3 Å². The molecule has 1 heterocycles. The predicted molar refractivity (Wildman–Crippen MR) is 68.9 cm³/mol. The molecule has 0 fully saturated rings. The van der Waals surface area contributed by atoms with Crippen LogP contribution in [-0.2, 0) is 6.54 Å². The maximum Gasteiger partial charge on any atom is 0.161 e. The first-order valence-corrected chi connectivity index (χ1v) is 6.19.